The highest BCUT2D eigenvalue weighted by Gasteiger charge is 2.22. The summed E-state index contributed by atoms with van der Waals surface area (Å²) >= 11 is 1.36. The van der Waals surface area contributed by atoms with Crippen molar-refractivity contribution >= 4 is 11.3 Å². The van der Waals surface area contributed by atoms with Crippen LogP contribution >= 0.6 is 11.3 Å². The molecule has 0 fully saturated rings. The fourth-order valence-corrected chi connectivity index (χ4v) is 2.42. The molecule has 17 heavy (non-hydrogen) atoms. The molecule has 0 aliphatic heterocycles. The van der Waals surface area contributed by atoms with E-state index in [2.05, 4.69) is 4.98 Å². The first-order valence-corrected chi connectivity index (χ1v) is 6.12. The van der Waals surface area contributed by atoms with Crippen molar-refractivity contribution in [2.75, 3.05) is 6.54 Å². The third kappa shape index (κ3) is 2.69. The Morgan fingerprint density at radius 2 is 2.29 bits per heavy atom. The van der Waals surface area contributed by atoms with Gasteiger partial charge in [0.2, 0.25) is 0 Å². The van der Waals surface area contributed by atoms with Gasteiger partial charge in [-0.25, -0.2) is 4.39 Å². The maximum atomic E-state index is 13.1. The first kappa shape index (κ1) is 12.2. The van der Waals surface area contributed by atoms with Gasteiger partial charge in [0.15, 0.2) is 0 Å². The molecule has 0 spiro atoms. The van der Waals surface area contributed by atoms with Crippen LogP contribution in [0.3, 0.4) is 0 Å². The largest absolute Gasteiger partial charge is 0.387 e. The maximum Gasteiger partial charge on any atom is 0.123 e. The van der Waals surface area contributed by atoms with Crippen LogP contribution in [0, 0.1) is 5.82 Å². The van der Waals surface area contributed by atoms with Gasteiger partial charge in [0.25, 0.3) is 0 Å². The fraction of sp³-hybridized carbons (Fsp3) is 0.250. The Bertz CT molecular complexity index is 475. The molecule has 0 bridgehead atoms. The topological polar surface area (TPSA) is 59.1 Å². The van der Waals surface area contributed by atoms with Crippen molar-refractivity contribution in [3.63, 3.8) is 0 Å². The van der Waals surface area contributed by atoms with E-state index in [0.717, 1.165) is 4.88 Å². The molecule has 0 saturated carbocycles. The molecule has 5 heteroatoms. The smallest absolute Gasteiger partial charge is 0.123 e. The summed E-state index contributed by atoms with van der Waals surface area (Å²) in [5.74, 6) is -0.636. The highest BCUT2D eigenvalue weighted by Crippen LogP contribution is 2.32. The van der Waals surface area contributed by atoms with Crippen LogP contribution in [0.15, 0.2) is 36.0 Å². The monoisotopic (exact) mass is 252 g/mol. The van der Waals surface area contributed by atoms with E-state index in [1.807, 2.05) is 0 Å². The summed E-state index contributed by atoms with van der Waals surface area (Å²) in [7, 11) is 0. The number of aliphatic hydroxyl groups is 1. The molecule has 0 radical (unpaired) electrons. The SMILES string of the molecule is NCC(c1cccc(F)c1)C(O)c1cncs1. The van der Waals surface area contributed by atoms with E-state index in [1.54, 1.807) is 23.8 Å². The Balaban J connectivity index is 2.27. The molecule has 2 unspecified atom stereocenters. The summed E-state index contributed by atoms with van der Waals surface area (Å²) in [5.41, 5.74) is 8.02. The summed E-state index contributed by atoms with van der Waals surface area (Å²) in [5, 5.41) is 10.2. The summed E-state index contributed by atoms with van der Waals surface area (Å²) in [6.07, 6.45) is 0.867. The van der Waals surface area contributed by atoms with Crippen LogP contribution < -0.4 is 5.73 Å². The molecule has 2 aromatic rings. The number of benzene rings is 1. The van der Waals surface area contributed by atoms with Crippen LogP contribution in [0.2, 0.25) is 0 Å². The van der Waals surface area contributed by atoms with E-state index in [1.165, 1.54) is 23.5 Å². The minimum absolute atomic E-state index is 0.252. The van der Waals surface area contributed by atoms with E-state index in [4.69, 9.17) is 5.73 Å². The van der Waals surface area contributed by atoms with Crippen molar-refractivity contribution in [1.29, 1.82) is 0 Å². The lowest BCUT2D eigenvalue weighted by atomic mass is 9.93. The van der Waals surface area contributed by atoms with Gasteiger partial charge in [-0.2, -0.15) is 0 Å². The van der Waals surface area contributed by atoms with Crippen LogP contribution in [0.5, 0.6) is 0 Å². The van der Waals surface area contributed by atoms with Crippen LogP contribution in [-0.2, 0) is 0 Å². The highest BCUT2D eigenvalue weighted by molar-refractivity contribution is 7.09. The van der Waals surface area contributed by atoms with Gasteiger partial charge >= 0.3 is 0 Å². The second-order valence-corrected chi connectivity index (χ2v) is 4.66. The van der Waals surface area contributed by atoms with Gasteiger partial charge in [0, 0.05) is 18.7 Å². The van der Waals surface area contributed by atoms with Crippen molar-refractivity contribution in [1.82, 2.24) is 4.98 Å². The molecule has 1 aromatic carbocycles. The lowest BCUT2D eigenvalue weighted by Crippen LogP contribution is -2.19. The van der Waals surface area contributed by atoms with E-state index < -0.39 is 6.10 Å². The Morgan fingerprint density at radius 1 is 1.47 bits per heavy atom. The number of nitrogens with zero attached hydrogens (tertiary/aromatic N) is 1. The molecular weight excluding hydrogens is 239 g/mol. The zero-order valence-electron chi connectivity index (χ0n) is 9.08. The Labute approximate surface area is 103 Å². The van der Waals surface area contributed by atoms with Crippen molar-refractivity contribution < 1.29 is 9.50 Å². The summed E-state index contributed by atoms with van der Waals surface area (Å²) in [6.45, 7) is 0.252. The summed E-state index contributed by atoms with van der Waals surface area (Å²) < 4.78 is 13.1. The number of aromatic nitrogens is 1. The summed E-state index contributed by atoms with van der Waals surface area (Å²) in [4.78, 5) is 4.66. The molecular formula is C12H13FN2OS. The second-order valence-electron chi connectivity index (χ2n) is 3.75. The standard InChI is InChI=1S/C12H13FN2OS/c13-9-3-1-2-8(4-9)10(5-14)12(16)11-6-15-7-17-11/h1-4,6-7,10,12,16H,5,14H2. The maximum absolute atomic E-state index is 13.1. The molecule has 90 valence electrons. The fourth-order valence-electron chi connectivity index (χ4n) is 1.75. The average Bonchev–Trinajstić information content (AvgIpc) is 2.83. The number of hydrogen-bond acceptors (Lipinski definition) is 4. The minimum Gasteiger partial charge on any atom is -0.387 e. The zero-order chi connectivity index (χ0) is 12.3. The number of aliphatic hydroxyl groups excluding tert-OH is 1. The lowest BCUT2D eigenvalue weighted by molar-refractivity contribution is 0.151. The molecule has 1 heterocycles. The van der Waals surface area contributed by atoms with Crippen LogP contribution in [0.4, 0.5) is 4.39 Å². The first-order chi connectivity index (χ1) is 8.22. The summed E-state index contributed by atoms with van der Waals surface area (Å²) in [6, 6.07) is 6.16. The molecule has 0 aliphatic carbocycles. The predicted molar refractivity (Wildman–Crippen MR) is 65.3 cm³/mol. The average molecular weight is 252 g/mol. The molecule has 0 saturated heterocycles. The molecule has 3 nitrogen and oxygen atoms in total. The van der Waals surface area contributed by atoms with Gasteiger partial charge in [0.05, 0.1) is 16.5 Å². The molecule has 0 aliphatic rings. The van der Waals surface area contributed by atoms with Gasteiger partial charge in [-0.05, 0) is 17.7 Å². The number of rotatable bonds is 4. The van der Waals surface area contributed by atoms with Crippen molar-refractivity contribution in [2.24, 2.45) is 5.73 Å². The molecule has 2 rings (SSSR count). The van der Waals surface area contributed by atoms with Crippen molar-refractivity contribution in [3.8, 4) is 0 Å². The predicted octanol–water partition coefficient (Wildman–Crippen LogP) is 2.06. The van der Waals surface area contributed by atoms with Gasteiger partial charge in [-0.15, -0.1) is 11.3 Å². The van der Waals surface area contributed by atoms with Gasteiger partial charge in [0.1, 0.15) is 5.82 Å². The lowest BCUT2D eigenvalue weighted by Gasteiger charge is -2.20. The van der Waals surface area contributed by atoms with Crippen molar-refractivity contribution in [3.05, 3.63) is 52.2 Å². The Morgan fingerprint density at radius 3 is 2.88 bits per heavy atom. The van der Waals surface area contributed by atoms with Gasteiger partial charge < -0.3 is 10.8 Å². The van der Waals surface area contributed by atoms with E-state index in [9.17, 15) is 9.50 Å². The number of nitrogens with two attached hydrogens (primary N) is 1. The van der Waals surface area contributed by atoms with E-state index >= 15 is 0 Å². The minimum atomic E-state index is -0.741. The van der Waals surface area contributed by atoms with Crippen LogP contribution in [0.25, 0.3) is 0 Å². The third-order valence-corrected chi connectivity index (χ3v) is 3.50. The first-order valence-electron chi connectivity index (χ1n) is 5.24. The normalized spacial score (nSPS) is 14.5. The molecule has 1 aromatic heterocycles. The number of thiazole rings is 1. The zero-order valence-corrected chi connectivity index (χ0v) is 9.90. The Kier molecular flexibility index (Phi) is 3.83. The highest BCUT2D eigenvalue weighted by atomic mass is 32.1. The van der Waals surface area contributed by atoms with E-state index in [0.29, 0.717) is 5.56 Å². The Hall–Kier alpha value is -1.30. The number of hydrogen-bond donors (Lipinski definition) is 2. The molecule has 2 atom stereocenters. The second kappa shape index (κ2) is 5.35. The third-order valence-electron chi connectivity index (χ3n) is 2.65. The quantitative estimate of drug-likeness (QED) is 0.875. The van der Waals surface area contributed by atoms with Crippen LogP contribution in [0.1, 0.15) is 22.5 Å². The molecule has 3 N–H and O–H groups in total. The van der Waals surface area contributed by atoms with Gasteiger partial charge in [-0.3, -0.25) is 4.98 Å². The van der Waals surface area contributed by atoms with E-state index in [-0.39, 0.29) is 18.3 Å². The van der Waals surface area contributed by atoms with Crippen molar-refractivity contribution in [2.45, 2.75) is 12.0 Å². The van der Waals surface area contributed by atoms with Crippen LogP contribution in [-0.4, -0.2) is 16.6 Å². The number of halogens is 1. The van der Waals surface area contributed by atoms with Gasteiger partial charge in [-0.1, -0.05) is 12.1 Å². The molecule has 0 amide bonds.